The maximum atomic E-state index is 13.6. The molecule has 4 heteroatoms. The molecule has 102 valence electrons. The topological polar surface area (TPSA) is 55.5 Å². The molecule has 0 spiro atoms. The molecule has 18 heavy (non-hydrogen) atoms. The summed E-state index contributed by atoms with van der Waals surface area (Å²) in [6.45, 7) is 2.55. The van der Waals surface area contributed by atoms with E-state index >= 15 is 0 Å². The van der Waals surface area contributed by atoms with Crippen LogP contribution in [0, 0.1) is 5.82 Å². The van der Waals surface area contributed by atoms with Crippen molar-refractivity contribution < 1.29 is 14.2 Å². The summed E-state index contributed by atoms with van der Waals surface area (Å²) in [5, 5.41) is 8.62. The Morgan fingerprint density at radius 1 is 1.28 bits per heavy atom. The second kappa shape index (κ2) is 8.06. The molecular weight excluding hydrogens is 233 g/mol. The van der Waals surface area contributed by atoms with E-state index in [2.05, 4.69) is 0 Å². The average molecular weight is 255 g/mol. The molecule has 0 aliphatic carbocycles. The molecular formula is C14H22FNO2. The van der Waals surface area contributed by atoms with Gasteiger partial charge in [-0.2, -0.15) is 0 Å². The number of ether oxygens (including phenoxy) is 1. The SMILES string of the molecule is CC(N)c1ccc(OCCCCCCO)c(F)c1. The summed E-state index contributed by atoms with van der Waals surface area (Å²) in [7, 11) is 0. The van der Waals surface area contributed by atoms with E-state index in [1.165, 1.54) is 6.07 Å². The van der Waals surface area contributed by atoms with Crippen molar-refractivity contribution in [3.63, 3.8) is 0 Å². The molecule has 0 aliphatic rings. The van der Waals surface area contributed by atoms with Crippen molar-refractivity contribution in [2.24, 2.45) is 5.73 Å². The van der Waals surface area contributed by atoms with Crippen molar-refractivity contribution in [1.82, 2.24) is 0 Å². The quantitative estimate of drug-likeness (QED) is 0.702. The lowest BCUT2D eigenvalue weighted by Gasteiger charge is -2.10. The summed E-state index contributed by atoms with van der Waals surface area (Å²) in [6, 6.07) is 4.66. The number of aliphatic hydroxyl groups is 1. The Labute approximate surface area is 108 Å². The summed E-state index contributed by atoms with van der Waals surface area (Å²) < 4.78 is 19.0. The Hall–Kier alpha value is -1.13. The molecule has 0 amide bonds. The maximum Gasteiger partial charge on any atom is 0.165 e. The van der Waals surface area contributed by atoms with Gasteiger partial charge in [0.2, 0.25) is 0 Å². The van der Waals surface area contributed by atoms with E-state index in [1.807, 2.05) is 6.92 Å². The first-order valence-electron chi connectivity index (χ1n) is 6.44. The van der Waals surface area contributed by atoms with E-state index in [1.54, 1.807) is 12.1 Å². The number of hydrogen-bond acceptors (Lipinski definition) is 3. The molecule has 1 unspecified atom stereocenters. The van der Waals surface area contributed by atoms with Crippen LogP contribution in [0.4, 0.5) is 4.39 Å². The summed E-state index contributed by atoms with van der Waals surface area (Å²) in [5.74, 6) is -0.0817. The second-order valence-corrected chi connectivity index (χ2v) is 4.46. The van der Waals surface area contributed by atoms with Crippen LogP contribution in [0.15, 0.2) is 18.2 Å². The molecule has 1 aromatic carbocycles. The third-order valence-electron chi connectivity index (χ3n) is 2.79. The summed E-state index contributed by atoms with van der Waals surface area (Å²) in [5.41, 5.74) is 6.44. The van der Waals surface area contributed by atoms with E-state index in [-0.39, 0.29) is 24.2 Å². The number of hydrogen-bond donors (Lipinski definition) is 2. The van der Waals surface area contributed by atoms with Crippen LogP contribution >= 0.6 is 0 Å². The smallest absolute Gasteiger partial charge is 0.165 e. The third kappa shape index (κ3) is 5.02. The minimum absolute atomic E-state index is 0.174. The minimum atomic E-state index is -0.361. The highest BCUT2D eigenvalue weighted by Gasteiger charge is 2.06. The molecule has 0 saturated carbocycles. The van der Waals surface area contributed by atoms with Gasteiger partial charge in [-0.1, -0.05) is 12.5 Å². The number of unbranched alkanes of at least 4 members (excludes halogenated alkanes) is 3. The van der Waals surface area contributed by atoms with Crippen molar-refractivity contribution in [1.29, 1.82) is 0 Å². The molecule has 1 aromatic rings. The predicted octanol–water partition coefficient (Wildman–Crippen LogP) is 2.78. The van der Waals surface area contributed by atoms with Gasteiger partial charge in [0.15, 0.2) is 11.6 Å². The van der Waals surface area contributed by atoms with Crippen molar-refractivity contribution in [2.45, 2.75) is 38.6 Å². The summed E-state index contributed by atoms with van der Waals surface area (Å²) in [6.07, 6.45) is 3.65. The number of benzene rings is 1. The molecule has 0 aromatic heterocycles. The lowest BCUT2D eigenvalue weighted by Crippen LogP contribution is -2.06. The van der Waals surface area contributed by atoms with Gasteiger partial charge < -0.3 is 15.6 Å². The van der Waals surface area contributed by atoms with Crippen LogP contribution in [0.2, 0.25) is 0 Å². The van der Waals surface area contributed by atoms with E-state index in [0.29, 0.717) is 6.61 Å². The van der Waals surface area contributed by atoms with Gasteiger partial charge in [-0.3, -0.25) is 0 Å². The van der Waals surface area contributed by atoms with Gasteiger partial charge in [-0.25, -0.2) is 4.39 Å². The number of aliphatic hydroxyl groups excluding tert-OH is 1. The molecule has 3 N–H and O–H groups in total. The first kappa shape index (κ1) is 14.9. The fourth-order valence-corrected chi connectivity index (χ4v) is 1.67. The number of nitrogens with two attached hydrogens (primary N) is 1. The van der Waals surface area contributed by atoms with Gasteiger partial charge in [0, 0.05) is 12.6 Å². The lowest BCUT2D eigenvalue weighted by atomic mass is 10.1. The van der Waals surface area contributed by atoms with Crippen molar-refractivity contribution in [3.8, 4) is 5.75 Å². The van der Waals surface area contributed by atoms with Crippen molar-refractivity contribution in [3.05, 3.63) is 29.6 Å². The monoisotopic (exact) mass is 255 g/mol. The van der Waals surface area contributed by atoms with Crippen molar-refractivity contribution in [2.75, 3.05) is 13.2 Å². The molecule has 1 atom stereocenters. The Balaban J connectivity index is 2.34. The predicted molar refractivity (Wildman–Crippen MR) is 70.1 cm³/mol. The molecule has 3 nitrogen and oxygen atoms in total. The van der Waals surface area contributed by atoms with Crippen molar-refractivity contribution >= 4 is 0 Å². The zero-order chi connectivity index (χ0) is 13.4. The average Bonchev–Trinajstić information content (AvgIpc) is 2.35. The summed E-state index contributed by atoms with van der Waals surface area (Å²) >= 11 is 0. The van der Waals surface area contributed by atoms with Crippen LogP contribution in [0.3, 0.4) is 0 Å². The lowest BCUT2D eigenvalue weighted by molar-refractivity contribution is 0.269. The third-order valence-corrected chi connectivity index (χ3v) is 2.79. The van der Waals surface area contributed by atoms with Crippen LogP contribution in [0.5, 0.6) is 5.75 Å². The van der Waals surface area contributed by atoms with Gasteiger partial charge >= 0.3 is 0 Å². The molecule has 0 saturated heterocycles. The summed E-state index contributed by atoms with van der Waals surface area (Å²) in [4.78, 5) is 0. The molecule has 0 radical (unpaired) electrons. The van der Waals surface area contributed by atoms with Crippen LogP contribution < -0.4 is 10.5 Å². The highest BCUT2D eigenvalue weighted by atomic mass is 19.1. The largest absolute Gasteiger partial charge is 0.491 e. The van der Waals surface area contributed by atoms with Crippen LogP contribution in [-0.2, 0) is 0 Å². The standard InChI is InChI=1S/C14H22FNO2/c1-11(16)12-6-7-14(13(15)10-12)18-9-5-3-2-4-8-17/h6-7,10-11,17H,2-5,8-9,16H2,1H3. The van der Waals surface area contributed by atoms with E-state index in [9.17, 15) is 4.39 Å². The van der Waals surface area contributed by atoms with Gasteiger partial charge in [0.05, 0.1) is 6.61 Å². The number of halogens is 1. The zero-order valence-electron chi connectivity index (χ0n) is 10.9. The Bertz CT molecular complexity index is 356. The maximum absolute atomic E-state index is 13.6. The van der Waals surface area contributed by atoms with Gasteiger partial charge in [-0.15, -0.1) is 0 Å². The molecule has 0 fully saturated rings. The fraction of sp³-hybridized carbons (Fsp3) is 0.571. The van der Waals surface area contributed by atoms with Gasteiger partial charge in [0.1, 0.15) is 0 Å². The van der Waals surface area contributed by atoms with E-state index < -0.39 is 0 Å². The van der Waals surface area contributed by atoms with Crippen LogP contribution in [0.1, 0.15) is 44.2 Å². The van der Waals surface area contributed by atoms with Crippen LogP contribution in [0.25, 0.3) is 0 Å². The zero-order valence-corrected chi connectivity index (χ0v) is 10.9. The number of rotatable bonds is 8. The first-order chi connectivity index (χ1) is 8.65. The molecule has 1 rings (SSSR count). The minimum Gasteiger partial charge on any atom is -0.491 e. The van der Waals surface area contributed by atoms with Gasteiger partial charge in [-0.05, 0) is 43.9 Å². The Morgan fingerprint density at radius 3 is 2.61 bits per heavy atom. The first-order valence-corrected chi connectivity index (χ1v) is 6.44. The normalized spacial score (nSPS) is 12.4. The van der Waals surface area contributed by atoms with E-state index in [0.717, 1.165) is 31.2 Å². The Morgan fingerprint density at radius 2 is 2.00 bits per heavy atom. The fourth-order valence-electron chi connectivity index (χ4n) is 1.67. The Kier molecular flexibility index (Phi) is 6.68. The second-order valence-electron chi connectivity index (χ2n) is 4.46. The molecule has 0 heterocycles. The van der Waals surface area contributed by atoms with Gasteiger partial charge in [0.25, 0.3) is 0 Å². The highest BCUT2D eigenvalue weighted by molar-refractivity contribution is 5.30. The molecule has 0 aliphatic heterocycles. The van der Waals surface area contributed by atoms with E-state index in [4.69, 9.17) is 15.6 Å². The highest BCUT2D eigenvalue weighted by Crippen LogP contribution is 2.21. The van der Waals surface area contributed by atoms with Crippen LogP contribution in [-0.4, -0.2) is 18.3 Å². The molecule has 0 bridgehead atoms.